The van der Waals surface area contributed by atoms with E-state index < -0.39 is 5.91 Å². The van der Waals surface area contributed by atoms with Crippen molar-refractivity contribution in [3.05, 3.63) is 22.1 Å². The number of allylic oxidation sites excluding steroid dienone is 1. The van der Waals surface area contributed by atoms with Crippen LogP contribution in [0.15, 0.2) is 16.8 Å². The number of carbonyl (C=O) groups is 1. The highest BCUT2D eigenvalue weighted by Gasteiger charge is 1.97. The first kappa shape index (κ1) is 8.72. The largest absolute Gasteiger partial charge is 0.287 e. The minimum atomic E-state index is -0.496. The summed E-state index contributed by atoms with van der Waals surface area (Å²) >= 11 is 0. The lowest BCUT2D eigenvalue weighted by Crippen LogP contribution is -1.91. The summed E-state index contributed by atoms with van der Waals surface area (Å²) in [6.45, 7) is 3.54. The van der Waals surface area contributed by atoms with Crippen LogP contribution in [0.25, 0.3) is 10.4 Å². The van der Waals surface area contributed by atoms with Crippen molar-refractivity contribution in [3.63, 3.8) is 0 Å². The van der Waals surface area contributed by atoms with Crippen LogP contribution < -0.4 is 0 Å². The highest BCUT2D eigenvalue weighted by molar-refractivity contribution is 5.93. The van der Waals surface area contributed by atoms with Crippen molar-refractivity contribution < 1.29 is 4.79 Å². The fourth-order valence-corrected chi connectivity index (χ4v) is 0.513. The van der Waals surface area contributed by atoms with Crippen molar-refractivity contribution in [3.8, 4) is 0 Å². The number of carbonyl (C=O) groups excluding carboxylic acids is 1. The molecule has 0 rings (SSSR count). The van der Waals surface area contributed by atoms with Gasteiger partial charge in [0.05, 0.1) is 0 Å². The molecule has 4 nitrogen and oxygen atoms in total. The average Bonchev–Trinajstić information content (AvgIpc) is 1.89. The first-order chi connectivity index (χ1) is 4.72. The molecule has 0 fully saturated rings. The molecule has 0 unspecified atom stereocenters. The zero-order valence-corrected chi connectivity index (χ0v) is 6.03. The third kappa shape index (κ3) is 2.89. The third-order valence-corrected chi connectivity index (χ3v) is 0.983. The Morgan fingerprint density at radius 1 is 1.80 bits per heavy atom. The van der Waals surface area contributed by atoms with E-state index in [4.69, 9.17) is 5.53 Å². The molecule has 0 bridgehead atoms. The van der Waals surface area contributed by atoms with Gasteiger partial charge in [-0.05, 0) is 29.6 Å². The fourth-order valence-electron chi connectivity index (χ4n) is 0.513. The summed E-state index contributed by atoms with van der Waals surface area (Å²) in [6, 6.07) is 0. The summed E-state index contributed by atoms with van der Waals surface area (Å²) in [4.78, 5) is 13.0. The van der Waals surface area contributed by atoms with Crippen molar-refractivity contribution in [2.24, 2.45) is 5.11 Å². The highest BCUT2D eigenvalue weighted by atomic mass is 16.1. The van der Waals surface area contributed by atoms with Crippen LogP contribution in [0.3, 0.4) is 0 Å². The van der Waals surface area contributed by atoms with E-state index in [1.54, 1.807) is 13.0 Å². The van der Waals surface area contributed by atoms with Crippen molar-refractivity contribution in [1.82, 2.24) is 0 Å². The Morgan fingerprint density at radius 3 is 2.80 bits per heavy atom. The molecule has 4 heteroatoms. The van der Waals surface area contributed by atoms with E-state index >= 15 is 0 Å². The van der Waals surface area contributed by atoms with Crippen LogP contribution in [0.1, 0.15) is 20.3 Å². The molecule has 0 aliphatic rings. The van der Waals surface area contributed by atoms with Gasteiger partial charge < -0.3 is 0 Å². The summed E-state index contributed by atoms with van der Waals surface area (Å²) in [7, 11) is 0. The molecule has 0 aliphatic carbocycles. The monoisotopic (exact) mass is 139 g/mol. The van der Waals surface area contributed by atoms with Crippen LogP contribution in [-0.4, -0.2) is 5.91 Å². The van der Waals surface area contributed by atoms with Gasteiger partial charge >= 0.3 is 0 Å². The van der Waals surface area contributed by atoms with Gasteiger partial charge in [-0.15, -0.1) is 0 Å². The van der Waals surface area contributed by atoms with Crippen molar-refractivity contribution >= 4 is 5.91 Å². The fraction of sp³-hybridized carbons (Fsp3) is 0.500. The summed E-state index contributed by atoms with van der Waals surface area (Å²) in [5, 5.41) is 2.92. The van der Waals surface area contributed by atoms with Gasteiger partial charge in [0, 0.05) is 4.91 Å². The summed E-state index contributed by atoms with van der Waals surface area (Å²) in [5.41, 5.74) is 8.36. The lowest BCUT2D eigenvalue weighted by Gasteiger charge is -1.88. The summed E-state index contributed by atoms with van der Waals surface area (Å²) in [5.74, 6) is -0.496. The number of amides is 1. The molecule has 54 valence electrons. The van der Waals surface area contributed by atoms with Crippen molar-refractivity contribution in [2.45, 2.75) is 20.3 Å². The molecule has 0 atom stereocenters. The minimum Gasteiger partial charge on any atom is -0.287 e. The second kappa shape index (κ2) is 4.58. The lowest BCUT2D eigenvalue weighted by molar-refractivity contribution is -0.114. The molecular weight excluding hydrogens is 130 g/mol. The van der Waals surface area contributed by atoms with Crippen LogP contribution in [-0.2, 0) is 4.79 Å². The number of azide groups is 1. The van der Waals surface area contributed by atoms with Gasteiger partial charge in [-0.3, -0.25) is 4.79 Å². The highest BCUT2D eigenvalue weighted by Crippen LogP contribution is 1.97. The molecule has 0 aromatic rings. The Kier molecular flexibility index (Phi) is 4.00. The van der Waals surface area contributed by atoms with Crippen LogP contribution in [0.5, 0.6) is 0 Å². The van der Waals surface area contributed by atoms with Gasteiger partial charge in [0.15, 0.2) is 0 Å². The zero-order valence-electron chi connectivity index (χ0n) is 6.03. The first-order valence-electron chi connectivity index (χ1n) is 2.98. The Labute approximate surface area is 59.2 Å². The molecule has 0 aromatic carbocycles. The molecule has 0 N–H and O–H groups in total. The summed E-state index contributed by atoms with van der Waals surface area (Å²) in [6.07, 6.45) is 2.50. The normalized spacial score (nSPS) is 10.4. The predicted molar refractivity (Wildman–Crippen MR) is 38.2 cm³/mol. The molecule has 10 heavy (non-hydrogen) atoms. The quantitative estimate of drug-likeness (QED) is 0.250. The molecule has 0 radical (unpaired) electrons. The van der Waals surface area contributed by atoms with E-state index in [0.717, 1.165) is 6.42 Å². The summed E-state index contributed by atoms with van der Waals surface area (Å²) < 4.78 is 0. The average molecular weight is 139 g/mol. The molecule has 0 saturated heterocycles. The Balaban J connectivity index is 4.21. The molecule has 0 aromatic heterocycles. The number of nitrogens with zero attached hydrogens (tertiary/aromatic N) is 3. The topological polar surface area (TPSA) is 65.8 Å². The van der Waals surface area contributed by atoms with Gasteiger partial charge in [-0.25, -0.2) is 0 Å². The van der Waals surface area contributed by atoms with E-state index in [0.29, 0.717) is 5.57 Å². The van der Waals surface area contributed by atoms with Crippen molar-refractivity contribution in [2.75, 3.05) is 0 Å². The SMILES string of the molecule is CC/C=C(\C)C(=O)N=[N+]=[N-]. The molecule has 0 aliphatic heterocycles. The van der Waals surface area contributed by atoms with E-state index in [1.807, 2.05) is 6.92 Å². The van der Waals surface area contributed by atoms with Crippen LogP contribution in [0.2, 0.25) is 0 Å². The van der Waals surface area contributed by atoms with Gasteiger partial charge in [-0.2, -0.15) is 0 Å². The second-order valence-electron chi connectivity index (χ2n) is 1.79. The predicted octanol–water partition coefficient (Wildman–Crippen LogP) is 2.18. The maximum absolute atomic E-state index is 10.6. The van der Waals surface area contributed by atoms with E-state index in [9.17, 15) is 4.79 Å². The number of hydrogen-bond acceptors (Lipinski definition) is 1. The molecule has 1 amide bonds. The Morgan fingerprint density at radius 2 is 2.40 bits per heavy atom. The number of rotatable bonds is 2. The molecular formula is C6H9N3O. The molecule has 0 saturated carbocycles. The van der Waals surface area contributed by atoms with Crippen molar-refractivity contribution in [1.29, 1.82) is 0 Å². The molecule has 0 spiro atoms. The van der Waals surface area contributed by atoms with Gasteiger partial charge in [0.1, 0.15) is 0 Å². The zero-order chi connectivity index (χ0) is 7.98. The van der Waals surface area contributed by atoms with Crippen LogP contribution in [0, 0.1) is 0 Å². The Bertz CT molecular complexity index is 201. The van der Waals surface area contributed by atoms with E-state index in [-0.39, 0.29) is 0 Å². The standard InChI is InChI=1S/C6H9N3O/c1-3-4-5(2)6(10)8-9-7/h4H,3H2,1-2H3/b5-4+. The number of hydrogen-bond donors (Lipinski definition) is 0. The maximum Gasteiger partial charge on any atom is 0.244 e. The van der Waals surface area contributed by atoms with Gasteiger partial charge in [0.2, 0.25) is 5.91 Å². The maximum atomic E-state index is 10.6. The second-order valence-corrected chi connectivity index (χ2v) is 1.79. The van der Waals surface area contributed by atoms with Gasteiger partial charge in [-0.1, -0.05) is 13.0 Å². The smallest absolute Gasteiger partial charge is 0.244 e. The molecule has 0 heterocycles. The lowest BCUT2D eigenvalue weighted by atomic mass is 10.2. The van der Waals surface area contributed by atoms with Gasteiger partial charge in [0.25, 0.3) is 0 Å². The third-order valence-electron chi connectivity index (χ3n) is 0.983. The minimum absolute atomic E-state index is 0.496. The van der Waals surface area contributed by atoms with E-state index in [1.165, 1.54) is 0 Å². The van der Waals surface area contributed by atoms with E-state index in [2.05, 4.69) is 10.0 Å². The first-order valence-corrected chi connectivity index (χ1v) is 2.98. The Hall–Kier alpha value is -1.28. The van der Waals surface area contributed by atoms with Crippen LogP contribution >= 0.6 is 0 Å². The van der Waals surface area contributed by atoms with Crippen LogP contribution in [0.4, 0.5) is 0 Å².